The van der Waals surface area contributed by atoms with Crippen molar-refractivity contribution in [3.8, 4) is 11.5 Å². The summed E-state index contributed by atoms with van der Waals surface area (Å²) in [7, 11) is 0. The van der Waals surface area contributed by atoms with Gasteiger partial charge in [-0.05, 0) is 49.4 Å². The predicted octanol–water partition coefficient (Wildman–Crippen LogP) is 3.63. The third-order valence-electron chi connectivity index (χ3n) is 6.32. The summed E-state index contributed by atoms with van der Waals surface area (Å²) in [6, 6.07) is 11.7. The molecule has 1 aromatic carbocycles. The van der Waals surface area contributed by atoms with Gasteiger partial charge in [0.25, 0.3) is 11.8 Å². The van der Waals surface area contributed by atoms with Crippen molar-refractivity contribution in [1.29, 1.82) is 0 Å². The predicted molar refractivity (Wildman–Crippen MR) is 104 cm³/mol. The summed E-state index contributed by atoms with van der Waals surface area (Å²) in [5, 5.41) is 4.36. The number of hydrogen-bond donors (Lipinski definition) is 0. The normalized spacial score (nSPS) is 23.8. The number of carbonyl (C=O) groups excluding carboxylic acids is 1. The number of likely N-dealkylation sites (tertiary alicyclic amines) is 1. The van der Waals surface area contributed by atoms with Gasteiger partial charge in [-0.25, -0.2) is 0 Å². The Kier molecular flexibility index (Phi) is 4.00. The number of amides is 1. The molecule has 2 aromatic heterocycles. The lowest BCUT2D eigenvalue weighted by Gasteiger charge is -2.24. The monoisotopic (exact) mass is 374 g/mol. The molecule has 1 amide bonds. The first-order chi connectivity index (χ1) is 13.7. The summed E-state index contributed by atoms with van der Waals surface area (Å²) < 4.78 is 5.59. The molecule has 3 heterocycles. The van der Waals surface area contributed by atoms with Crippen molar-refractivity contribution in [3.63, 3.8) is 0 Å². The van der Waals surface area contributed by atoms with Crippen LogP contribution in [0.5, 0.6) is 0 Å². The number of pyridine rings is 1. The third kappa shape index (κ3) is 2.63. The quantitative estimate of drug-likeness (QED) is 0.700. The summed E-state index contributed by atoms with van der Waals surface area (Å²) in [5.74, 6) is 1.70. The molecule has 6 nitrogen and oxygen atoms in total. The average Bonchev–Trinajstić information content (AvgIpc) is 3.42. The first-order valence-electron chi connectivity index (χ1n) is 9.77. The second-order valence-corrected chi connectivity index (χ2v) is 7.91. The van der Waals surface area contributed by atoms with Crippen LogP contribution in [0.4, 0.5) is 0 Å². The summed E-state index contributed by atoms with van der Waals surface area (Å²) >= 11 is 0. The zero-order valence-corrected chi connectivity index (χ0v) is 15.8. The largest absolute Gasteiger partial charge is 0.337 e. The highest BCUT2D eigenvalue weighted by atomic mass is 16.5. The Morgan fingerprint density at radius 3 is 2.93 bits per heavy atom. The van der Waals surface area contributed by atoms with E-state index >= 15 is 0 Å². The first kappa shape index (κ1) is 17.1. The van der Waals surface area contributed by atoms with Gasteiger partial charge >= 0.3 is 0 Å². The van der Waals surface area contributed by atoms with E-state index in [1.807, 2.05) is 48.2 Å². The molecule has 6 heteroatoms. The molecule has 142 valence electrons. The van der Waals surface area contributed by atoms with Gasteiger partial charge in [0.2, 0.25) is 0 Å². The van der Waals surface area contributed by atoms with Gasteiger partial charge in [-0.3, -0.25) is 9.78 Å². The number of aromatic nitrogens is 3. The molecule has 0 unspecified atom stereocenters. The molecule has 1 saturated heterocycles. The molecular formula is C22H22N4O2. The van der Waals surface area contributed by atoms with Crippen LogP contribution in [0.15, 0.2) is 53.3 Å². The second-order valence-electron chi connectivity index (χ2n) is 7.91. The minimum Gasteiger partial charge on any atom is -0.337 e. The number of hydrogen-bond acceptors (Lipinski definition) is 5. The number of benzene rings is 1. The fraction of sp³-hybridized carbons (Fsp3) is 0.364. The Bertz CT molecular complexity index is 1020. The lowest BCUT2D eigenvalue weighted by molar-refractivity contribution is 0.0776. The van der Waals surface area contributed by atoms with E-state index in [0.29, 0.717) is 23.9 Å². The topological polar surface area (TPSA) is 72.1 Å². The third-order valence-corrected chi connectivity index (χ3v) is 6.32. The van der Waals surface area contributed by atoms with Crippen LogP contribution >= 0.6 is 0 Å². The maximum absolute atomic E-state index is 13.1. The van der Waals surface area contributed by atoms with Crippen LogP contribution in [0, 0.1) is 12.8 Å². The summed E-state index contributed by atoms with van der Waals surface area (Å²) in [6.07, 6.45) is 6.59. The number of carbonyl (C=O) groups is 1. The van der Waals surface area contributed by atoms with Crippen LogP contribution in [-0.4, -0.2) is 39.0 Å². The van der Waals surface area contributed by atoms with Gasteiger partial charge < -0.3 is 9.42 Å². The summed E-state index contributed by atoms with van der Waals surface area (Å²) in [4.78, 5) is 24.0. The van der Waals surface area contributed by atoms with Crippen LogP contribution in [0.1, 0.15) is 41.0 Å². The number of rotatable bonds is 3. The van der Waals surface area contributed by atoms with Gasteiger partial charge in [-0.1, -0.05) is 29.8 Å². The smallest absolute Gasteiger partial charge is 0.257 e. The molecule has 0 radical (unpaired) electrons. The summed E-state index contributed by atoms with van der Waals surface area (Å²) in [5.41, 5.74) is 2.35. The zero-order valence-electron chi connectivity index (χ0n) is 15.8. The fourth-order valence-corrected chi connectivity index (χ4v) is 4.79. The maximum Gasteiger partial charge on any atom is 0.257 e. The van der Waals surface area contributed by atoms with Gasteiger partial charge in [0, 0.05) is 31.0 Å². The van der Waals surface area contributed by atoms with Crippen molar-refractivity contribution >= 4 is 5.91 Å². The molecule has 0 N–H and O–H groups in total. The Morgan fingerprint density at radius 2 is 2.11 bits per heavy atom. The fourth-order valence-electron chi connectivity index (χ4n) is 4.79. The van der Waals surface area contributed by atoms with Crippen LogP contribution < -0.4 is 0 Å². The molecular weight excluding hydrogens is 352 g/mol. The van der Waals surface area contributed by atoms with Gasteiger partial charge in [0.1, 0.15) is 0 Å². The van der Waals surface area contributed by atoms with Gasteiger partial charge in [-0.15, -0.1) is 0 Å². The standard InChI is InChI=1S/C22H22N4O2/c1-15-9-11-23-12-18(15)20(27)26-13-17-8-5-10-22(17,14-26)21-24-19(28-25-21)16-6-3-2-4-7-16/h2-4,6-7,9,11-12,17H,5,8,10,13-14H2,1H3/t17-,22-/m1/s1. The van der Waals surface area contributed by atoms with Crippen LogP contribution in [0.25, 0.3) is 11.5 Å². The number of fused-ring (bicyclic) bond motifs is 1. The highest BCUT2D eigenvalue weighted by Gasteiger charge is 2.54. The molecule has 1 aliphatic carbocycles. The average molecular weight is 374 g/mol. The maximum atomic E-state index is 13.1. The highest BCUT2D eigenvalue weighted by Crippen LogP contribution is 2.50. The number of nitrogens with zero attached hydrogens (tertiary/aromatic N) is 4. The SMILES string of the molecule is Cc1ccncc1C(=O)N1C[C@H]2CCC[C@@]2(c2noc(-c3ccccc3)n2)C1. The lowest BCUT2D eigenvalue weighted by Crippen LogP contribution is -2.35. The second kappa shape index (κ2) is 6.55. The molecule has 0 spiro atoms. The van der Waals surface area contributed by atoms with E-state index in [4.69, 9.17) is 9.51 Å². The van der Waals surface area contributed by atoms with Crippen molar-refractivity contribution < 1.29 is 9.32 Å². The zero-order chi connectivity index (χ0) is 19.1. The van der Waals surface area contributed by atoms with Crippen molar-refractivity contribution in [2.24, 2.45) is 5.92 Å². The molecule has 2 aliphatic rings. The molecule has 1 saturated carbocycles. The highest BCUT2D eigenvalue weighted by molar-refractivity contribution is 5.95. The van der Waals surface area contributed by atoms with E-state index in [-0.39, 0.29) is 11.3 Å². The Labute approximate surface area is 163 Å². The minimum absolute atomic E-state index is 0.0474. The van der Waals surface area contributed by atoms with Crippen molar-refractivity contribution in [3.05, 3.63) is 65.7 Å². The first-order valence-corrected chi connectivity index (χ1v) is 9.77. The summed E-state index contributed by atoms with van der Waals surface area (Å²) in [6.45, 7) is 3.33. The van der Waals surface area contributed by atoms with Crippen LogP contribution in [-0.2, 0) is 5.41 Å². The van der Waals surface area contributed by atoms with E-state index in [1.165, 1.54) is 0 Å². The van der Waals surface area contributed by atoms with E-state index in [9.17, 15) is 4.79 Å². The minimum atomic E-state index is -0.206. The molecule has 1 aliphatic heterocycles. The van der Waals surface area contributed by atoms with Gasteiger partial charge in [0.05, 0.1) is 11.0 Å². The Balaban J connectivity index is 1.45. The van der Waals surface area contributed by atoms with E-state index in [0.717, 1.165) is 42.8 Å². The molecule has 2 fully saturated rings. The van der Waals surface area contributed by atoms with Crippen molar-refractivity contribution in [2.75, 3.05) is 13.1 Å². The molecule has 0 bridgehead atoms. The lowest BCUT2D eigenvalue weighted by atomic mass is 9.80. The van der Waals surface area contributed by atoms with E-state index in [1.54, 1.807) is 12.4 Å². The van der Waals surface area contributed by atoms with Crippen LogP contribution in [0.2, 0.25) is 0 Å². The molecule has 3 aromatic rings. The van der Waals surface area contributed by atoms with E-state index in [2.05, 4.69) is 10.1 Å². The van der Waals surface area contributed by atoms with Gasteiger partial charge in [-0.2, -0.15) is 4.98 Å². The van der Waals surface area contributed by atoms with Crippen molar-refractivity contribution in [2.45, 2.75) is 31.6 Å². The van der Waals surface area contributed by atoms with Crippen molar-refractivity contribution in [1.82, 2.24) is 20.0 Å². The Hall–Kier alpha value is -3.02. The molecule has 5 rings (SSSR count). The molecule has 28 heavy (non-hydrogen) atoms. The van der Waals surface area contributed by atoms with E-state index < -0.39 is 0 Å². The number of aryl methyl sites for hydroxylation is 1. The molecule has 2 atom stereocenters. The van der Waals surface area contributed by atoms with Gasteiger partial charge in [0.15, 0.2) is 5.82 Å². The Morgan fingerprint density at radius 1 is 1.25 bits per heavy atom. The van der Waals surface area contributed by atoms with Crippen LogP contribution in [0.3, 0.4) is 0 Å².